The van der Waals surface area contributed by atoms with Gasteiger partial charge < -0.3 is 19.7 Å². The van der Waals surface area contributed by atoms with Crippen LogP contribution >= 0.6 is 11.8 Å². The first-order valence-electron chi connectivity index (χ1n) is 10.7. The Hall–Kier alpha value is -3.52. The largest absolute Gasteiger partial charge is 0.483 e. The summed E-state index contributed by atoms with van der Waals surface area (Å²) in [5.74, 6) is -0.115. The Kier molecular flexibility index (Phi) is 7.14. The van der Waals surface area contributed by atoms with Crippen LogP contribution in [0.25, 0.3) is 0 Å². The van der Waals surface area contributed by atoms with Gasteiger partial charge in [-0.3, -0.25) is 4.79 Å². The lowest BCUT2D eigenvalue weighted by Gasteiger charge is -2.34. The van der Waals surface area contributed by atoms with Gasteiger partial charge in [-0.25, -0.2) is 9.79 Å². The molecule has 2 aliphatic heterocycles. The molecule has 0 fully saturated rings. The Balaban J connectivity index is 1.55. The number of nitrogens with one attached hydrogen (secondary N) is 1. The molecule has 170 valence electrons. The van der Waals surface area contributed by atoms with Crippen LogP contribution in [0.2, 0.25) is 0 Å². The standard InChI is InChI=1S/C25H25N3O4S/c1-3-31-24(30)22-17(2)27-25-28(13-14-33-25)23(22)19-11-7-8-12-20(19)32-16-21(29)26-15-18-9-5-4-6-10-18/h4-14,23H,3,15-16H2,1-2H3,(H,26,29)/t23-/m1/s1. The summed E-state index contributed by atoms with van der Waals surface area (Å²) in [6, 6.07) is 16.6. The van der Waals surface area contributed by atoms with Crippen molar-refractivity contribution in [3.8, 4) is 5.75 Å². The van der Waals surface area contributed by atoms with E-state index >= 15 is 0 Å². The average molecular weight is 464 g/mol. The van der Waals surface area contributed by atoms with Crippen LogP contribution in [-0.2, 0) is 20.9 Å². The van der Waals surface area contributed by atoms with Crippen molar-refractivity contribution in [3.05, 3.63) is 88.6 Å². The molecule has 1 N–H and O–H groups in total. The summed E-state index contributed by atoms with van der Waals surface area (Å²) in [6.45, 7) is 4.14. The number of esters is 1. The minimum absolute atomic E-state index is 0.139. The van der Waals surface area contributed by atoms with E-state index in [1.807, 2.05) is 72.0 Å². The summed E-state index contributed by atoms with van der Waals surface area (Å²) in [6.07, 6.45) is 1.89. The minimum Gasteiger partial charge on any atom is -0.483 e. The Morgan fingerprint density at radius 2 is 1.88 bits per heavy atom. The first-order valence-corrected chi connectivity index (χ1v) is 11.6. The summed E-state index contributed by atoms with van der Waals surface area (Å²) in [5, 5.41) is 5.57. The van der Waals surface area contributed by atoms with Crippen molar-refractivity contribution in [2.45, 2.75) is 26.4 Å². The molecule has 1 amide bonds. The SMILES string of the molecule is CCOC(=O)C1=C(C)N=C2SC=CN2[C@@H]1c1ccccc1OCC(=O)NCc1ccccc1. The summed E-state index contributed by atoms with van der Waals surface area (Å²) in [4.78, 5) is 31.8. The highest BCUT2D eigenvalue weighted by atomic mass is 32.2. The number of allylic oxidation sites excluding steroid dienone is 1. The van der Waals surface area contributed by atoms with Crippen molar-refractivity contribution in [1.82, 2.24) is 10.2 Å². The van der Waals surface area contributed by atoms with Gasteiger partial charge >= 0.3 is 5.97 Å². The zero-order valence-electron chi connectivity index (χ0n) is 18.5. The van der Waals surface area contributed by atoms with Crippen LogP contribution in [0.3, 0.4) is 0 Å². The van der Waals surface area contributed by atoms with Crippen molar-refractivity contribution in [2.24, 2.45) is 4.99 Å². The van der Waals surface area contributed by atoms with Gasteiger partial charge in [0.15, 0.2) is 11.8 Å². The van der Waals surface area contributed by atoms with Crippen molar-refractivity contribution in [1.29, 1.82) is 0 Å². The first kappa shape index (κ1) is 22.7. The molecule has 0 saturated carbocycles. The lowest BCUT2D eigenvalue weighted by molar-refractivity contribution is -0.139. The smallest absolute Gasteiger partial charge is 0.338 e. The molecule has 0 unspecified atom stereocenters. The molecule has 2 aliphatic rings. The third-order valence-electron chi connectivity index (χ3n) is 5.22. The maximum atomic E-state index is 12.9. The van der Waals surface area contributed by atoms with Gasteiger partial charge in [0.05, 0.1) is 23.9 Å². The van der Waals surface area contributed by atoms with Crippen LogP contribution in [0.15, 0.2) is 82.5 Å². The molecule has 0 spiro atoms. The van der Waals surface area contributed by atoms with Gasteiger partial charge in [0.2, 0.25) is 0 Å². The molecule has 0 bridgehead atoms. The van der Waals surface area contributed by atoms with Gasteiger partial charge in [0.1, 0.15) is 5.75 Å². The number of amides is 1. The number of hydrogen-bond donors (Lipinski definition) is 1. The van der Waals surface area contributed by atoms with E-state index in [1.165, 1.54) is 11.8 Å². The van der Waals surface area contributed by atoms with Crippen LogP contribution in [0, 0.1) is 0 Å². The van der Waals surface area contributed by atoms with E-state index in [0.717, 1.165) is 16.3 Å². The number of hydrogen-bond acceptors (Lipinski definition) is 7. The van der Waals surface area contributed by atoms with Crippen molar-refractivity contribution >= 4 is 28.8 Å². The third kappa shape index (κ3) is 5.12. The quantitative estimate of drug-likeness (QED) is 0.593. The number of carbonyl (C=O) groups excluding carboxylic acids is 2. The molecule has 33 heavy (non-hydrogen) atoms. The van der Waals surface area contributed by atoms with Crippen LogP contribution in [0.5, 0.6) is 5.75 Å². The summed E-state index contributed by atoms with van der Waals surface area (Å²) in [7, 11) is 0. The van der Waals surface area contributed by atoms with Gasteiger partial charge in [0.25, 0.3) is 5.91 Å². The van der Waals surface area contributed by atoms with Gasteiger partial charge in [-0.15, -0.1) is 0 Å². The molecular formula is C25H25N3O4S. The number of carbonyl (C=O) groups is 2. The van der Waals surface area contributed by atoms with Crippen LogP contribution in [0.1, 0.15) is 31.0 Å². The maximum absolute atomic E-state index is 12.9. The summed E-state index contributed by atoms with van der Waals surface area (Å²) in [5.41, 5.74) is 2.84. The number of fused-ring (bicyclic) bond motifs is 1. The van der Waals surface area contributed by atoms with Gasteiger partial charge in [-0.1, -0.05) is 60.3 Å². The number of ether oxygens (including phenoxy) is 2. The van der Waals surface area contributed by atoms with Gasteiger partial charge in [0, 0.05) is 18.3 Å². The zero-order valence-corrected chi connectivity index (χ0v) is 19.3. The highest BCUT2D eigenvalue weighted by molar-refractivity contribution is 8.16. The van der Waals surface area contributed by atoms with Crippen molar-refractivity contribution < 1.29 is 19.1 Å². The van der Waals surface area contributed by atoms with E-state index in [4.69, 9.17) is 9.47 Å². The second-order valence-electron chi connectivity index (χ2n) is 7.42. The van der Waals surface area contributed by atoms with E-state index in [1.54, 1.807) is 13.0 Å². The molecule has 4 rings (SSSR count). The Labute approximate surface area is 197 Å². The maximum Gasteiger partial charge on any atom is 0.338 e. The minimum atomic E-state index is -0.466. The number of para-hydroxylation sites is 1. The van der Waals surface area contributed by atoms with Crippen molar-refractivity contribution in [2.75, 3.05) is 13.2 Å². The second-order valence-corrected chi connectivity index (χ2v) is 8.29. The van der Waals surface area contributed by atoms with Crippen LogP contribution in [0.4, 0.5) is 0 Å². The molecule has 7 nitrogen and oxygen atoms in total. The highest BCUT2D eigenvalue weighted by Crippen LogP contribution is 2.43. The summed E-state index contributed by atoms with van der Waals surface area (Å²) >= 11 is 1.49. The molecular weight excluding hydrogens is 438 g/mol. The Bertz CT molecular complexity index is 1130. The fourth-order valence-corrected chi connectivity index (χ4v) is 4.50. The number of amidine groups is 1. The van der Waals surface area contributed by atoms with E-state index < -0.39 is 12.0 Å². The third-order valence-corrected chi connectivity index (χ3v) is 5.99. The molecule has 2 aromatic carbocycles. The molecule has 8 heteroatoms. The van der Waals surface area contributed by atoms with Gasteiger partial charge in [-0.2, -0.15) is 0 Å². The van der Waals surface area contributed by atoms with Gasteiger partial charge in [-0.05, 0) is 30.9 Å². The Morgan fingerprint density at radius 1 is 1.12 bits per heavy atom. The van der Waals surface area contributed by atoms with E-state index in [2.05, 4.69) is 10.3 Å². The monoisotopic (exact) mass is 463 g/mol. The fourth-order valence-electron chi connectivity index (χ4n) is 3.70. The fraction of sp³-hybridized carbons (Fsp3) is 0.240. The number of rotatable bonds is 8. The molecule has 1 atom stereocenters. The lowest BCUT2D eigenvalue weighted by atomic mass is 9.94. The zero-order chi connectivity index (χ0) is 23.2. The van der Waals surface area contributed by atoms with Crippen LogP contribution in [-0.4, -0.2) is 35.2 Å². The molecule has 0 radical (unpaired) electrons. The number of benzene rings is 2. The summed E-state index contributed by atoms with van der Waals surface area (Å²) < 4.78 is 11.3. The van der Waals surface area contributed by atoms with E-state index in [9.17, 15) is 9.59 Å². The first-order chi connectivity index (χ1) is 16.1. The molecule has 2 aromatic rings. The molecule has 0 aromatic heterocycles. The molecule has 0 saturated heterocycles. The van der Waals surface area contributed by atoms with E-state index in [-0.39, 0.29) is 19.1 Å². The number of nitrogens with zero attached hydrogens (tertiary/aromatic N) is 2. The topological polar surface area (TPSA) is 80.2 Å². The van der Waals surface area contributed by atoms with E-state index in [0.29, 0.717) is 23.6 Å². The molecule has 2 heterocycles. The number of thioether (sulfide) groups is 1. The molecule has 0 aliphatic carbocycles. The Morgan fingerprint density at radius 3 is 2.67 bits per heavy atom. The predicted octanol–water partition coefficient (Wildman–Crippen LogP) is 4.15. The second kappa shape index (κ2) is 10.4. The van der Waals surface area contributed by atoms with Crippen LogP contribution < -0.4 is 10.1 Å². The average Bonchev–Trinajstić information content (AvgIpc) is 3.29. The number of aliphatic imine (C=N–C) groups is 1. The normalized spacial score (nSPS) is 16.8. The predicted molar refractivity (Wildman–Crippen MR) is 128 cm³/mol. The highest BCUT2D eigenvalue weighted by Gasteiger charge is 2.38. The van der Waals surface area contributed by atoms with Crippen molar-refractivity contribution in [3.63, 3.8) is 0 Å². The lowest BCUT2D eigenvalue weighted by Crippen LogP contribution is -2.34.